The second-order valence-electron chi connectivity index (χ2n) is 3.92. The van der Waals surface area contributed by atoms with E-state index >= 15 is 0 Å². The predicted octanol–water partition coefficient (Wildman–Crippen LogP) is 2.18. The molecule has 0 aromatic rings. The van der Waals surface area contributed by atoms with Gasteiger partial charge in [0.2, 0.25) is 0 Å². The first kappa shape index (κ1) is 17.8. The fourth-order valence-corrected chi connectivity index (χ4v) is 1.09. The first-order valence-corrected chi connectivity index (χ1v) is 6.05. The topological polar surface area (TPSA) is 77.8 Å². The van der Waals surface area contributed by atoms with Crippen LogP contribution in [0.5, 0.6) is 0 Å². The van der Waals surface area contributed by atoms with Gasteiger partial charge in [-0.05, 0) is 26.2 Å². The minimum atomic E-state index is -0.675. The van der Waals surface area contributed by atoms with Crippen LogP contribution < -0.4 is 0 Å². The van der Waals surface area contributed by atoms with Crippen LogP contribution in [-0.2, 0) is 4.79 Å². The Balaban J connectivity index is 0. The van der Waals surface area contributed by atoms with E-state index in [-0.39, 0.29) is 12.7 Å². The molecule has 3 N–H and O–H groups in total. The lowest BCUT2D eigenvalue weighted by Crippen LogP contribution is -1.99. The summed E-state index contributed by atoms with van der Waals surface area (Å²) in [5.74, 6) is -0.675. The molecule has 0 rings (SSSR count). The third kappa shape index (κ3) is 23.3. The fraction of sp³-hybridized carbons (Fsp3) is 0.917. The third-order valence-corrected chi connectivity index (χ3v) is 2.02. The molecule has 0 aliphatic heterocycles. The zero-order valence-corrected chi connectivity index (χ0v) is 10.5. The zero-order valence-electron chi connectivity index (χ0n) is 10.5. The molecule has 0 fully saturated rings. The molecule has 16 heavy (non-hydrogen) atoms. The van der Waals surface area contributed by atoms with Crippen molar-refractivity contribution in [3.05, 3.63) is 0 Å². The fourth-order valence-electron chi connectivity index (χ4n) is 1.09. The quantitative estimate of drug-likeness (QED) is 0.562. The van der Waals surface area contributed by atoms with Crippen LogP contribution in [0.2, 0.25) is 0 Å². The lowest BCUT2D eigenvalue weighted by molar-refractivity contribution is -0.137. The normalized spacial score (nSPS) is 11.5. The molecule has 0 spiro atoms. The van der Waals surface area contributed by atoms with Crippen molar-refractivity contribution < 1.29 is 20.1 Å². The largest absolute Gasteiger partial charge is 0.481 e. The number of carboxylic acid groups (broad SMARTS) is 1. The van der Waals surface area contributed by atoms with Crippen molar-refractivity contribution >= 4 is 5.97 Å². The Bertz CT molecular complexity index is 146. The maximum atomic E-state index is 9.96. The van der Waals surface area contributed by atoms with Gasteiger partial charge in [-0.1, -0.05) is 26.2 Å². The minimum absolute atomic E-state index is 0.185. The second-order valence-corrected chi connectivity index (χ2v) is 3.92. The van der Waals surface area contributed by atoms with Crippen LogP contribution in [-0.4, -0.2) is 34.0 Å². The summed E-state index contributed by atoms with van der Waals surface area (Å²) in [7, 11) is 0. The molecule has 0 saturated carbocycles. The molecular weight excluding hydrogens is 208 g/mol. The van der Waals surface area contributed by atoms with E-state index in [0.717, 1.165) is 19.3 Å². The summed E-state index contributed by atoms with van der Waals surface area (Å²) >= 11 is 0. The highest BCUT2D eigenvalue weighted by Crippen LogP contribution is 2.01. The van der Waals surface area contributed by atoms with Gasteiger partial charge in [0.05, 0.1) is 6.10 Å². The molecule has 4 nitrogen and oxygen atoms in total. The SMILES string of the molecule is CC(O)CCCO.CCCCCCC(=O)O. The van der Waals surface area contributed by atoms with Gasteiger partial charge < -0.3 is 15.3 Å². The van der Waals surface area contributed by atoms with Gasteiger partial charge in [0, 0.05) is 13.0 Å². The van der Waals surface area contributed by atoms with E-state index in [1.54, 1.807) is 6.92 Å². The van der Waals surface area contributed by atoms with Crippen molar-refractivity contribution in [3.8, 4) is 0 Å². The van der Waals surface area contributed by atoms with Crippen molar-refractivity contribution in [1.29, 1.82) is 0 Å². The van der Waals surface area contributed by atoms with Crippen LogP contribution in [0.4, 0.5) is 0 Å². The monoisotopic (exact) mass is 234 g/mol. The van der Waals surface area contributed by atoms with E-state index in [1.165, 1.54) is 6.42 Å². The molecule has 0 heterocycles. The highest BCUT2D eigenvalue weighted by molar-refractivity contribution is 5.66. The maximum absolute atomic E-state index is 9.96. The Kier molecular flexibility index (Phi) is 16.0. The highest BCUT2D eigenvalue weighted by Gasteiger charge is 1.94. The molecule has 0 bridgehead atoms. The third-order valence-electron chi connectivity index (χ3n) is 2.02. The average molecular weight is 234 g/mol. The first-order valence-electron chi connectivity index (χ1n) is 6.05. The summed E-state index contributed by atoms with van der Waals surface area (Å²) in [6.45, 7) is 4.02. The highest BCUT2D eigenvalue weighted by atomic mass is 16.4. The molecule has 4 heteroatoms. The van der Waals surface area contributed by atoms with Crippen LogP contribution in [0.15, 0.2) is 0 Å². The van der Waals surface area contributed by atoms with Crippen molar-refractivity contribution in [2.24, 2.45) is 0 Å². The maximum Gasteiger partial charge on any atom is 0.303 e. The summed E-state index contributed by atoms with van der Waals surface area (Å²) in [5, 5.41) is 25.0. The first-order chi connectivity index (χ1) is 7.54. The smallest absolute Gasteiger partial charge is 0.303 e. The van der Waals surface area contributed by atoms with Crippen molar-refractivity contribution in [2.75, 3.05) is 6.61 Å². The summed E-state index contributed by atoms with van der Waals surface area (Å²) in [4.78, 5) is 9.96. The number of aliphatic hydroxyl groups excluding tert-OH is 2. The minimum Gasteiger partial charge on any atom is -0.481 e. The van der Waals surface area contributed by atoms with Crippen molar-refractivity contribution in [1.82, 2.24) is 0 Å². The molecule has 0 radical (unpaired) electrons. The molecule has 0 amide bonds. The number of carbonyl (C=O) groups is 1. The van der Waals surface area contributed by atoms with Gasteiger partial charge in [-0.3, -0.25) is 4.79 Å². The number of rotatable bonds is 8. The number of aliphatic hydroxyl groups is 2. The summed E-state index contributed by atoms with van der Waals surface area (Å²) in [6, 6.07) is 0. The average Bonchev–Trinajstić information content (AvgIpc) is 2.22. The molecule has 1 unspecified atom stereocenters. The van der Waals surface area contributed by atoms with E-state index in [4.69, 9.17) is 15.3 Å². The summed E-state index contributed by atoms with van der Waals surface area (Å²) in [5.41, 5.74) is 0. The van der Waals surface area contributed by atoms with Crippen LogP contribution in [0.1, 0.15) is 58.8 Å². The number of carboxylic acids is 1. The van der Waals surface area contributed by atoms with E-state index in [1.807, 2.05) is 0 Å². The van der Waals surface area contributed by atoms with Gasteiger partial charge >= 0.3 is 5.97 Å². The van der Waals surface area contributed by atoms with Crippen LogP contribution in [0.25, 0.3) is 0 Å². The summed E-state index contributed by atoms with van der Waals surface area (Å²) < 4.78 is 0. The van der Waals surface area contributed by atoms with E-state index in [9.17, 15) is 4.79 Å². The van der Waals surface area contributed by atoms with Crippen LogP contribution in [0, 0.1) is 0 Å². The molecule has 0 aromatic carbocycles. The van der Waals surface area contributed by atoms with Crippen molar-refractivity contribution in [2.45, 2.75) is 64.9 Å². The van der Waals surface area contributed by atoms with Gasteiger partial charge in [0.25, 0.3) is 0 Å². The number of hydrogen-bond donors (Lipinski definition) is 3. The van der Waals surface area contributed by atoms with Gasteiger partial charge in [-0.15, -0.1) is 0 Å². The van der Waals surface area contributed by atoms with Gasteiger partial charge in [-0.2, -0.15) is 0 Å². The number of unbranched alkanes of at least 4 members (excludes halogenated alkanes) is 3. The Hall–Kier alpha value is -0.610. The Morgan fingerprint density at radius 3 is 2.12 bits per heavy atom. The molecule has 1 atom stereocenters. The van der Waals surface area contributed by atoms with Crippen LogP contribution in [0.3, 0.4) is 0 Å². The number of aliphatic carboxylic acids is 1. The van der Waals surface area contributed by atoms with Gasteiger partial charge in [0.1, 0.15) is 0 Å². The van der Waals surface area contributed by atoms with Gasteiger partial charge in [-0.25, -0.2) is 0 Å². The predicted molar refractivity (Wildman–Crippen MR) is 64.4 cm³/mol. The van der Waals surface area contributed by atoms with E-state index in [2.05, 4.69) is 6.92 Å². The van der Waals surface area contributed by atoms with E-state index < -0.39 is 5.97 Å². The molecule has 0 aromatic heterocycles. The van der Waals surface area contributed by atoms with Crippen LogP contribution >= 0.6 is 0 Å². The zero-order chi connectivity index (χ0) is 12.8. The molecular formula is C12H26O4. The molecule has 0 aliphatic rings. The van der Waals surface area contributed by atoms with E-state index in [0.29, 0.717) is 19.3 Å². The Labute approximate surface area is 98.3 Å². The molecule has 0 saturated heterocycles. The standard InChI is InChI=1S/C7H14O2.C5H12O2/c1-2-3-4-5-6-7(8)9;1-5(7)3-2-4-6/h2-6H2,1H3,(H,8,9);5-7H,2-4H2,1H3. The number of hydrogen-bond acceptors (Lipinski definition) is 3. The second kappa shape index (κ2) is 14.4. The molecule has 98 valence electrons. The lowest BCUT2D eigenvalue weighted by Gasteiger charge is -1.98. The Morgan fingerprint density at radius 1 is 1.19 bits per heavy atom. The Morgan fingerprint density at radius 2 is 1.81 bits per heavy atom. The summed E-state index contributed by atoms with van der Waals surface area (Å²) in [6.07, 6.45) is 5.71. The van der Waals surface area contributed by atoms with Gasteiger partial charge in [0.15, 0.2) is 0 Å². The molecule has 0 aliphatic carbocycles. The lowest BCUT2D eigenvalue weighted by atomic mass is 10.2. The van der Waals surface area contributed by atoms with Crippen molar-refractivity contribution in [3.63, 3.8) is 0 Å².